The summed E-state index contributed by atoms with van der Waals surface area (Å²) in [6.07, 6.45) is 10.0. The summed E-state index contributed by atoms with van der Waals surface area (Å²) in [4.78, 5) is 2.68. The van der Waals surface area contributed by atoms with Crippen molar-refractivity contribution in [3.8, 4) is 0 Å². The van der Waals surface area contributed by atoms with Crippen LogP contribution in [0.1, 0.15) is 44.9 Å². The van der Waals surface area contributed by atoms with Gasteiger partial charge in [-0.2, -0.15) is 0 Å². The van der Waals surface area contributed by atoms with Gasteiger partial charge in [-0.3, -0.25) is 4.90 Å². The predicted octanol–water partition coefficient (Wildman–Crippen LogP) is 1.94. The first-order valence-corrected chi connectivity index (χ1v) is 11.6. The molecule has 4 aliphatic rings. The highest BCUT2D eigenvalue weighted by atomic mass is 32.2. The molecule has 0 radical (unpaired) electrons. The van der Waals surface area contributed by atoms with Gasteiger partial charge in [0.25, 0.3) is 0 Å². The van der Waals surface area contributed by atoms with E-state index in [0.717, 1.165) is 44.4 Å². The SMILES string of the molecule is CS(=O)(=O)N1CCC2(CC1)CC(COCC1CC1)N(CC1CC1)C2. The summed E-state index contributed by atoms with van der Waals surface area (Å²) in [6.45, 7) is 5.61. The standard InChI is InChI=1S/C18H32N2O3S/c1-24(21,22)20-8-6-18(7-9-20)10-17(13-23-12-16-4-5-16)19(14-18)11-15-2-3-15/h15-17H,2-14H2,1H3. The Balaban J connectivity index is 1.35. The summed E-state index contributed by atoms with van der Waals surface area (Å²) in [6, 6.07) is 0.550. The van der Waals surface area contributed by atoms with Gasteiger partial charge in [0.2, 0.25) is 10.0 Å². The maximum atomic E-state index is 11.8. The molecule has 138 valence electrons. The third kappa shape index (κ3) is 4.14. The quantitative estimate of drug-likeness (QED) is 0.699. The summed E-state index contributed by atoms with van der Waals surface area (Å²) < 4.78 is 31.3. The van der Waals surface area contributed by atoms with Crippen molar-refractivity contribution in [1.82, 2.24) is 9.21 Å². The Morgan fingerprint density at radius 1 is 1.04 bits per heavy atom. The third-order valence-corrected chi connectivity index (χ3v) is 7.83. The molecule has 1 atom stereocenters. The Kier molecular flexibility index (Phi) is 4.69. The second-order valence-corrected chi connectivity index (χ2v) is 10.9. The molecule has 5 nitrogen and oxygen atoms in total. The number of hydrogen-bond acceptors (Lipinski definition) is 4. The average molecular weight is 357 g/mol. The summed E-state index contributed by atoms with van der Waals surface area (Å²) in [5.41, 5.74) is 0.323. The van der Waals surface area contributed by atoms with Gasteiger partial charge in [-0.15, -0.1) is 0 Å². The molecule has 2 aliphatic heterocycles. The topological polar surface area (TPSA) is 49.9 Å². The lowest BCUT2D eigenvalue weighted by molar-refractivity contribution is 0.0692. The molecule has 0 N–H and O–H groups in total. The van der Waals surface area contributed by atoms with Crippen LogP contribution in [0.2, 0.25) is 0 Å². The van der Waals surface area contributed by atoms with Crippen LogP contribution in [-0.2, 0) is 14.8 Å². The summed E-state index contributed by atoms with van der Waals surface area (Å²) in [7, 11) is -3.03. The highest BCUT2D eigenvalue weighted by Crippen LogP contribution is 2.45. The molecule has 6 heteroatoms. The lowest BCUT2D eigenvalue weighted by Crippen LogP contribution is -2.43. The van der Waals surface area contributed by atoms with Crippen LogP contribution in [0.3, 0.4) is 0 Å². The molecule has 1 spiro atoms. The van der Waals surface area contributed by atoms with Crippen LogP contribution < -0.4 is 0 Å². The molecule has 2 heterocycles. The number of nitrogens with zero attached hydrogens (tertiary/aromatic N) is 2. The molecular weight excluding hydrogens is 324 g/mol. The predicted molar refractivity (Wildman–Crippen MR) is 94.3 cm³/mol. The van der Waals surface area contributed by atoms with Crippen LogP contribution in [0, 0.1) is 17.3 Å². The molecule has 0 amide bonds. The smallest absolute Gasteiger partial charge is 0.211 e. The van der Waals surface area contributed by atoms with E-state index in [1.54, 1.807) is 4.31 Å². The van der Waals surface area contributed by atoms with Crippen LogP contribution in [0.15, 0.2) is 0 Å². The van der Waals surface area contributed by atoms with Gasteiger partial charge in [0.05, 0.1) is 12.9 Å². The second kappa shape index (κ2) is 6.53. The number of ether oxygens (including phenoxy) is 1. The molecule has 2 saturated carbocycles. The van der Waals surface area contributed by atoms with Crippen LogP contribution in [0.25, 0.3) is 0 Å². The molecule has 0 aromatic heterocycles. The van der Waals surface area contributed by atoms with Crippen LogP contribution in [-0.4, -0.2) is 69.3 Å². The Hall–Kier alpha value is -0.170. The van der Waals surface area contributed by atoms with E-state index in [1.165, 1.54) is 44.9 Å². The normalized spacial score (nSPS) is 31.8. The molecule has 1 unspecified atom stereocenters. The van der Waals surface area contributed by atoms with Gasteiger partial charge in [-0.25, -0.2) is 12.7 Å². The zero-order valence-corrected chi connectivity index (χ0v) is 15.8. The van der Waals surface area contributed by atoms with E-state index in [9.17, 15) is 8.42 Å². The first-order chi connectivity index (χ1) is 11.4. The van der Waals surface area contributed by atoms with Gasteiger partial charge >= 0.3 is 0 Å². The molecular formula is C18H32N2O3S. The fourth-order valence-electron chi connectivity index (χ4n) is 4.57. The maximum absolute atomic E-state index is 11.8. The van der Waals surface area contributed by atoms with Crippen LogP contribution in [0.4, 0.5) is 0 Å². The number of piperidine rings is 1. The monoisotopic (exact) mass is 356 g/mol. The summed E-state index contributed by atoms with van der Waals surface area (Å²) in [5, 5.41) is 0. The van der Waals surface area contributed by atoms with Crippen LogP contribution >= 0.6 is 0 Å². The third-order valence-electron chi connectivity index (χ3n) is 6.53. The van der Waals surface area contributed by atoms with Crippen molar-refractivity contribution in [3.63, 3.8) is 0 Å². The van der Waals surface area contributed by atoms with Crippen molar-refractivity contribution in [2.75, 3.05) is 45.6 Å². The first-order valence-electron chi connectivity index (χ1n) is 9.70. The van der Waals surface area contributed by atoms with Gasteiger partial charge in [-0.1, -0.05) is 0 Å². The average Bonchev–Trinajstić information content (AvgIpc) is 3.41. The summed E-state index contributed by atoms with van der Waals surface area (Å²) in [5.74, 6) is 1.73. The van der Waals surface area contributed by atoms with Gasteiger partial charge in [-0.05, 0) is 62.2 Å². The molecule has 0 aromatic carbocycles. The fraction of sp³-hybridized carbons (Fsp3) is 1.00. The Morgan fingerprint density at radius 2 is 1.71 bits per heavy atom. The highest BCUT2D eigenvalue weighted by molar-refractivity contribution is 7.88. The maximum Gasteiger partial charge on any atom is 0.211 e. The largest absolute Gasteiger partial charge is 0.380 e. The van der Waals surface area contributed by atoms with Crippen molar-refractivity contribution in [3.05, 3.63) is 0 Å². The number of likely N-dealkylation sites (tertiary alicyclic amines) is 1. The minimum atomic E-state index is -3.03. The molecule has 4 rings (SSSR count). The molecule has 2 saturated heterocycles. The summed E-state index contributed by atoms with van der Waals surface area (Å²) >= 11 is 0. The van der Waals surface area contributed by atoms with E-state index in [0.29, 0.717) is 24.5 Å². The molecule has 24 heavy (non-hydrogen) atoms. The van der Waals surface area contributed by atoms with E-state index in [-0.39, 0.29) is 0 Å². The number of sulfonamides is 1. The Morgan fingerprint density at radius 3 is 2.29 bits per heavy atom. The van der Waals surface area contributed by atoms with Crippen molar-refractivity contribution < 1.29 is 13.2 Å². The number of rotatable bonds is 7. The second-order valence-electron chi connectivity index (χ2n) is 8.87. The molecule has 0 aromatic rings. The van der Waals surface area contributed by atoms with E-state index < -0.39 is 10.0 Å². The number of hydrogen-bond donors (Lipinski definition) is 0. The minimum absolute atomic E-state index is 0.323. The lowest BCUT2D eigenvalue weighted by atomic mass is 9.77. The zero-order chi connectivity index (χ0) is 16.8. The van der Waals surface area contributed by atoms with Crippen molar-refractivity contribution in [2.45, 2.75) is 51.0 Å². The molecule has 2 aliphatic carbocycles. The van der Waals surface area contributed by atoms with E-state index >= 15 is 0 Å². The first kappa shape index (κ1) is 17.3. The van der Waals surface area contributed by atoms with Gasteiger partial charge < -0.3 is 4.74 Å². The Bertz CT molecular complexity index is 549. The van der Waals surface area contributed by atoms with Crippen molar-refractivity contribution >= 4 is 10.0 Å². The van der Waals surface area contributed by atoms with Crippen molar-refractivity contribution in [1.29, 1.82) is 0 Å². The highest BCUT2D eigenvalue weighted by Gasteiger charge is 2.47. The van der Waals surface area contributed by atoms with E-state index in [1.807, 2.05) is 0 Å². The Labute approximate surface area is 146 Å². The van der Waals surface area contributed by atoms with E-state index in [2.05, 4.69) is 4.90 Å². The fourth-order valence-corrected chi connectivity index (χ4v) is 5.42. The van der Waals surface area contributed by atoms with Gasteiger partial charge in [0.15, 0.2) is 0 Å². The molecule has 4 fully saturated rings. The van der Waals surface area contributed by atoms with E-state index in [4.69, 9.17) is 4.74 Å². The van der Waals surface area contributed by atoms with Crippen molar-refractivity contribution in [2.24, 2.45) is 17.3 Å². The lowest BCUT2D eigenvalue weighted by Gasteiger charge is -2.38. The zero-order valence-electron chi connectivity index (χ0n) is 15.0. The van der Waals surface area contributed by atoms with Gasteiger partial charge in [0, 0.05) is 38.8 Å². The molecule has 0 bridgehead atoms. The van der Waals surface area contributed by atoms with Gasteiger partial charge in [0.1, 0.15) is 0 Å². The van der Waals surface area contributed by atoms with Crippen LogP contribution in [0.5, 0.6) is 0 Å². The minimum Gasteiger partial charge on any atom is -0.380 e.